The molecular formula is C13H12. The van der Waals surface area contributed by atoms with Crippen molar-refractivity contribution in [3.63, 3.8) is 0 Å². The predicted octanol–water partition coefficient (Wildman–Crippen LogP) is 2.82. The Labute approximate surface area is 80.0 Å². The first-order chi connectivity index (χ1) is 6.36. The van der Waals surface area contributed by atoms with Gasteiger partial charge in [0.05, 0.1) is 0 Å². The molecule has 0 fully saturated rings. The Kier molecular flexibility index (Phi) is 3.68. The lowest BCUT2D eigenvalue weighted by Crippen LogP contribution is -1.76. The van der Waals surface area contributed by atoms with E-state index in [4.69, 9.17) is 6.42 Å². The number of terminal acetylenes is 1. The van der Waals surface area contributed by atoms with Gasteiger partial charge in [-0.1, -0.05) is 24.7 Å². The second-order valence-corrected chi connectivity index (χ2v) is 2.77. The van der Waals surface area contributed by atoms with E-state index >= 15 is 0 Å². The highest BCUT2D eigenvalue weighted by Gasteiger charge is 1.86. The van der Waals surface area contributed by atoms with Crippen LogP contribution in [0.4, 0.5) is 0 Å². The highest BCUT2D eigenvalue weighted by atomic mass is 13.9. The molecule has 0 heteroatoms. The van der Waals surface area contributed by atoms with Crippen LogP contribution in [-0.4, -0.2) is 0 Å². The maximum absolute atomic E-state index is 5.24. The number of benzene rings is 1. The van der Waals surface area contributed by atoms with Crippen molar-refractivity contribution in [1.29, 1.82) is 0 Å². The molecule has 64 valence electrons. The molecule has 0 aliphatic heterocycles. The molecule has 0 bridgehead atoms. The Hall–Kier alpha value is -1.66. The number of hydrogen-bond donors (Lipinski definition) is 0. The SMILES string of the molecule is C#Cc1ccc(C#CCCC)cc1. The van der Waals surface area contributed by atoms with Crippen LogP contribution in [0.5, 0.6) is 0 Å². The van der Waals surface area contributed by atoms with Crippen LogP contribution in [0.2, 0.25) is 0 Å². The highest BCUT2D eigenvalue weighted by Crippen LogP contribution is 2.01. The van der Waals surface area contributed by atoms with E-state index in [-0.39, 0.29) is 0 Å². The predicted molar refractivity (Wildman–Crippen MR) is 56.2 cm³/mol. The van der Waals surface area contributed by atoms with Gasteiger partial charge in [-0.15, -0.1) is 6.42 Å². The summed E-state index contributed by atoms with van der Waals surface area (Å²) in [5.74, 6) is 8.74. The lowest BCUT2D eigenvalue weighted by atomic mass is 10.1. The summed E-state index contributed by atoms with van der Waals surface area (Å²) in [4.78, 5) is 0. The quantitative estimate of drug-likeness (QED) is 0.566. The van der Waals surface area contributed by atoms with Crippen LogP contribution in [0.3, 0.4) is 0 Å². The fourth-order valence-corrected chi connectivity index (χ4v) is 0.939. The maximum Gasteiger partial charge on any atom is 0.0246 e. The van der Waals surface area contributed by atoms with Gasteiger partial charge in [0.2, 0.25) is 0 Å². The second kappa shape index (κ2) is 5.07. The van der Waals surface area contributed by atoms with Gasteiger partial charge in [0.25, 0.3) is 0 Å². The third kappa shape index (κ3) is 3.06. The van der Waals surface area contributed by atoms with Gasteiger partial charge in [0.1, 0.15) is 0 Å². The second-order valence-electron chi connectivity index (χ2n) is 2.77. The van der Waals surface area contributed by atoms with Crippen molar-refractivity contribution in [2.24, 2.45) is 0 Å². The van der Waals surface area contributed by atoms with Crippen molar-refractivity contribution < 1.29 is 0 Å². The Bertz CT molecular complexity index is 352. The summed E-state index contributed by atoms with van der Waals surface area (Å²) in [6.45, 7) is 2.12. The third-order valence-corrected chi connectivity index (χ3v) is 1.66. The van der Waals surface area contributed by atoms with E-state index in [1.54, 1.807) is 0 Å². The van der Waals surface area contributed by atoms with Gasteiger partial charge in [0, 0.05) is 17.5 Å². The number of hydrogen-bond acceptors (Lipinski definition) is 0. The van der Waals surface area contributed by atoms with E-state index in [1.165, 1.54) is 0 Å². The molecule has 0 unspecified atom stereocenters. The third-order valence-electron chi connectivity index (χ3n) is 1.66. The zero-order valence-electron chi connectivity index (χ0n) is 7.80. The Morgan fingerprint density at radius 1 is 1.15 bits per heavy atom. The molecule has 1 rings (SSSR count). The number of unbranched alkanes of at least 4 members (excludes halogenated alkanes) is 1. The Balaban J connectivity index is 2.72. The fourth-order valence-electron chi connectivity index (χ4n) is 0.939. The average molecular weight is 168 g/mol. The molecule has 0 nitrogen and oxygen atoms in total. The zero-order chi connectivity index (χ0) is 9.52. The van der Waals surface area contributed by atoms with Crippen LogP contribution in [0, 0.1) is 24.2 Å². The van der Waals surface area contributed by atoms with E-state index in [0.29, 0.717) is 0 Å². The lowest BCUT2D eigenvalue weighted by molar-refractivity contribution is 0.983. The standard InChI is InChI=1S/C13H12/c1-3-5-6-7-13-10-8-12(4-2)9-11-13/h2,8-11H,3,5H2,1H3. The minimum absolute atomic E-state index is 0.904. The molecule has 0 amide bonds. The molecule has 0 aliphatic carbocycles. The first-order valence-corrected chi connectivity index (χ1v) is 4.42. The largest absolute Gasteiger partial charge is 0.115 e. The highest BCUT2D eigenvalue weighted by molar-refractivity contribution is 5.40. The molecule has 0 saturated carbocycles. The van der Waals surface area contributed by atoms with Crippen LogP contribution < -0.4 is 0 Å². The van der Waals surface area contributed by atoms with Crippen LogP contribution in [-0.2, 0) is 0 Å². The van der Waals surface area contributed by atoms with E-state index in [1.807, 2.05) is 24.3 Å². The van der Waals surface area contributed by atoms with Gasteiger partial charge in [0.15, 0.2) is 0 Å². The zero-order valence-corrected chi connectivity index (χ0v) is 7.80. The molecular weight excluding hydrogens is 156 g/mol. The molecule has 0 aliphatic rings. The van der Waals surface area contributed by atoms with Crippen molar-refractivity contribution in [1.82, 2.24) is 0 Å². The van der Waals surface area contributed by atoms with Crippen molar-refractivity contribution >= 4 is 0 Å². The summed E-state index contributed by atoms with van der Waals surface area (Å²) in [6, 6.07) is 7.74. The van der Waals surface area contributed by atoms with E-state index in [9.17, 15) is 0 Å². The van der Waals surface area contributed by atoms with Crippen LogP contribution in [0.15, 0.2) is 24.3 Å². The Morgan fingerprint density at radius 2 is 1.77 bits per heavy atom. The molecule has 13 heavy (non-hydrogen) atoms. The molecule has 0 radical (unpaired) electrons. The summed E-state index contributed by atoms with van der Waals surface area (Å²) < 4.78 is 0. The molecule has 0 atom stereocenters. The smallest absolute Gasteiger partial charge is 0.0246 e. The van der Waals surface area contributed by atoms with Crippen molar-refractivity contribution in [3.05, 3.63) is 35.4 Å². The first kappa shape index (κ1) is 9.43. The van der Waals surface area contributed by atoms with Crippen molar-refractivity contribution in [2.45, 2.75) is 19.8 Å². The van der Waals surface area contributed by atoms with Crippen LogP contribution >= 0.6 is 0 Å². The van der Waals surface area contributed by atoms with Gasteiger partial charge < -0.3 is 0 Å². The summed E-state index contributed by atoms with van der Waals surface area (Å²) >= 11 is 0. The molecule has 0 aromatic heterocycles. The van der Waals surface area contributed by atoms with Crippen molar-refractivity contribution in [2.75, 3.05) is 0 Å². The van der Waals surface area contributed by atoms with Crippen molar-refractivity contribution in [3.8, 4) is 24.2 Å². The monoisotopic (exact) mass is 168 g/mol. The summed E-state index contributed by atoms with van der Waals surface area (Å²) in [7, 11) is 0. The number of rotatable bonds is 1. The minimum Gasteiger partial charge on any atom is -0.115 e. The molecule has 1 aromatic carbocycles. The molecule has 0 saturated heterocycles. The summed E-state index contributed by atoms with van der Waals surface area (Å²) in [5, 5.41) is 0. The Morgan fingerprint density at radius 3 is 2.31 bits per heavy atom. The van der Waals surface area contributed by atoms with Crippen LogP contribution in [0.25, 0.3) is 0 Å². The lowest BCUT2D eigenvalue weighted by Gasteiger charge is -1.90. The van der Waals surface area contributed by atoms with Gasteiger partial charge >= 0.3 is 0 Å². The van der Waals surface area contributed by atoms with Gasteiger partial charge in [-0.25, -0.2) is 0 Å². The topological polar surface area (TPSA) is 0 Å². The van der Waals surface area contributed by atoms with Crippen LogP contribution in [0.1, 0.15) is 30.9 Å². The summed E-state index contributed by atoms with van der Waals surface area (Å²) in [5.41, 5.74) is 1.94. The molecule has 0 spiro atoms. The van der Waals surface area contributed by atoms with Gasteiger partial charge in [-0.05, 0) is 30.7 Å². The van der Waals surface area contributed by atoms with E-state index in [0.717, 1.165) is 24.0 Å². The van der Waals surface area contributed by atoms with E-state index < -0.39 is 0 Å². The van der Waals surface area contributed by atoms with E-state index in [2.05, 4.69) is 24.7 Å². The van der Waals surface area contributed by atoms with Gasteiger partial charge in [-0.3, -0.25) is 0 Å². The molecule has 1 aromatic rings. The first-order valence-electron chi connectivity index (χ1n) is 4.42. The summed E-state index contributed by atoms with van der Waals surface area (Å²) in [6.07, 6.45) is 7.30. The van der Waals surface area contributed by atoms with Gasteiger partial charge in [-0.2, -0.15) is 0 Å². The minimum atomic E-state index is 0.904. The molecule has 0 N–H and O–H groups in total. The molecule has 0 heterocycles. The average Bonchev–Trinajstić information content (AvgIpc) is 2.19. The maximum atomic E-state index is 5.24. The fraction of sp³-hybridized carbons (Fsp3) is 0.231. The normalized spacial score (nSPS) is 8.31.